The Labute approximate surface area is 64.3 Å². The van der Waals surface area contributed by atoms with Crippen molar-refractivity contribution in [3.63, 3.8) is 0 Å². The minimum absolute atomic E-state index is 0.232. The van der Waals surface area contributed by atoms with E-state index in [1.165, 1.54) is 0 Å². The molecule has 0 aromatic heterocycles. The number of aliphatic carboxylic acids is 1. The molecule has 2 unspecified atom stereocenters. The van der Waals surface area contributed by atoms with Crippen molar-refractivity contribution in [2.75, 3.05) is 13.1 Å². The second-order valence-electron chi connectivity index (χ2n) is 2.92. The normalized spacial score (nSPS) is 37.5. The number of rotatable bonds is 1. The standard InChI is InChI=1S/C6H11N3O2/c10-6(11)4-3-9-5(8-4)1-2-7-9/h4-5,7-8H,1-3H2,(H,10,11). The lowest BCUT2D eigenvalue weighted by molar-refractivity contribution is -0.138. The van der Waals surface area contributed by atoms with Crippen LogP contribution < -0.4 is 10.7 Å². The predicted octanol–water partition coefficient (Wildman–Crippen LogP) is -1.42. The van der Waals surface area contributed by atoms with Crippen LogP contribution in [0.1, 0.15) is 6.42 Å². The van der Waals surface area contributed by atoms with Gasteiger partial charge >= 0.3 is 5.97 Å². The number of nitrogens with one attached hydrogen (secondary N) is 2. The Hall–Kier alpha value is -0.650. The first kappa shape index (κ1) is 7.02. The van der Waals surface area contributed by atoms with Gasteiger partial charge in [0.15, 0.2) is 0 Å². The number of hydrazine groups is 1. The molecule has 2 rings (SSSR count). The molecule has 62 valence electrons. The molecule has 0 bridgehead atoms. The van der Waals surface area contributed by atoms with Gasteiger partial charge in [0, 0.05) is 13.1 Å². The Kier molecular flexibility index (Phi) is 1.56. The average molecular weight is 157 g/mol. The van der Waals surface area contributed by atoms with E-state index in [0.717, 1.165) is 13.0 Å². The highest BCUT2D eigenvalue weighted by Crippen LogP contribution is 2.13. The molecule has 0 aliphatic carbocycles. The zero-order chi connectivity index (χ0) is 7.84. The first-order chi connectivity index (χ1) is 5.27. The van der Waals surface area contributed by atoms with E-state index >= 15 is 0 Å². The molecule has 2 aliphatic heterocycles. The van der Waals surface area contributed by atoms with E-state index in [4.69, 9.17) is 5.11 Å². The van der Waals surface area contributed by atoms with Gasteiger partial charge in [-0.3, -0.25) is 15.5 Å². The van der Waals surface area contributed by atoms with E-state index < -0.39 is 12.0 Å². The van der Waals surface area contributed by atoms with Crippen molar-refractivity contribution in [1.29, 1.82) is 0 Å². The Balaban J connectivity index is 1.99. The Morgan fingerprint density at radius 1 is 1.64 bits per heavy atom. The molecular weight excluding hydrogens is 146 g/mol. The fourth-order valence-electron chi connectivity index (χ4n) is 1.61. The maximum Gasteiger partial charge on any atom is 0.322 e. The number of fused-ring (bicyclic) bond motifs is 1. The summed E-state index contributed by atoms with van der Waals surface area (Å²) in [6.45, 7) is 1.52. The summed E-state index contributed by atoms with van der Waals surface area (Å²) < 4.78 is 0. The molecule has 0 spiro atoms. The Morgan fingerprint density at radius 3 is 3.09 bits per heavy atom. The Morgan fingerprint density at radius 2 is 2.45 bits per heavy atom. The topological polar surface area (TPSA) is 64.6 Å². The molecule has 2 saturated heterocycles. The van der Waals surface area contributed by atoms with Crippen molar-refractivity contribution in [2.24, 2.45) is 0 Å². The average Bonchev–Trinajstić information content (AvgIpc) is 2.40. The lowest BCUT2D eigenvalue weighted by Gasteiger charge is -2.11. The van der Waals surface area contributed by atoms with Crippen molar-refractivity contribution in [3.05, 3.63) is 0 Å². The third-order valence-electron chi connectivity index (χ3n) is 2.18. The maximum absolute atomic E-state index is 10.5. The number of hydrogen-bond acceptors (Lipinski definition) is 4. The van der Waals surface area contributed by atoms with Gasteiger partial charge in [0.25, 0.3) is 0 Å². The van der Waals surface area contributed by atoms with Gasteiger partial charge in [0.05, 0.1) is 6.17 Å². The van der Waals surface area contributed by atoms with Crippen molar-refractivity contribution in [1.82, 2.24) is 15.8 Å². The van der Waals surface area contributed by atoms with Gasteiger partial charge in [-0.15, -0.1) is 0 Å². The quantitative estimate of drug-likeness (QED) is 0.436. The van der Waals surface area contributed by atoms with Crippen molar-refractivity contribution < 1.29 is 9.90 Å². The third kappa shape index (κ3) is 1.11. The van der Waals surface area contributed by atoms with Crippen LogP contribution in [-0.4, -0.2) is 41.4 Å². The van der Waals surface area contributed by atoms with Crippen LogP contribution in [0.25, 0.3) is 0 Å². The lowest BCUT2D eigenvalue weighted by atomic mass is 10.3. The molecule has 2 heterocycles. The van der Waals surface area contributed by atoms with E-state index in [1.807, 2.05) is 5.01 Å². The summed E-state index contributed by atoms with van der Waals surface area (Å²) in [6, 6.07) is -0.396. The second-order valence-corrected chi connectivity index (χ2v) is 2.92. The smallest absolute Gasteiger partial charge is 0.322 e. The highest BCUT2D eigenvalue weighted by atomic mass is 16.4. The summed E-state index contributed by atoms with van der Waals surface area (Å²) in [6.07, 6.45) is 1.22. The summed E-state index contributed by atoms with van der Waals surface area (Å²) in [5.74, 6) is -0.763. The van der Waals surface area contributed by atoms with E-state index in [1.54, 1.807) is 0 Å². The molecule has 0 amide bonds. The minimum atomic E-state index is -0.763. The van der Waals surface area contributed by atoms with E-state index in [9.17, 15) is 4.79 Å². The number of nitrogens with zero attached hydrogens (tertiary/aromatic N) is 1. The van der Waals surface area contributed by atoms with Gasteiger partial charge in [-0.05, 0) is 6.42 Å². The fraction of sp³-hybridized carbons (Fsp3) is 0.833. The lowest BCUT2D eigenvalue weighted by Crippen LogP contribution is -2.36. The van der Waals surface area contributed by atoms with Crippen molar-refractivity contribution >= 4 is 5.97 Å². The molecule has 0 saturated carbocycles. The van der Waals surface area contributed by atoms with E-state index in [2.05, 4.69) is 10.7 Å². The molecule has 2 aliphatic rings. The van der Waals surface area contributed by atoms with Crippen LogP contribution in [0, 0.1) is 0 Å². The number of hydrogen-bond donors (Lipinski definition) is 3. The molecule has 11 heavy (non-hydrogen) atoms. The number of carbonyl (C=O) groups is 1. The maximum atomic E-state index is 10.5. The number of carboxylic acid groups (broad SMARTS) is 1. The molecule has 3 N–H and O–H groups in total. The molecule has 2 atom stereocenters. The van der Waals surface area contributed by atoms with Gasteiger partial charge in [-0.25, -0.2) is 5.01 Å². The van der Waals surface area contributed by atoms with Crippen LogP contribution in [0.3, 0.4) is 0 Å². The monoisotopic (exact) mass is 157 g/mol. The van der Waals surface area contributed by atoms with Crippen LogP contribution in [0.5, 0.6) is 0 Å². The number of carboxylic acids is 1. The predicted molar refractivity (Wildman–Crippen MR) is 37.7 cm³/mol. The van der Waals surface area contributed by atoms with Crippen LogP contribution in [0.15, 0.2) is 0 Å². The summed E-state index contributed by atoms with van der Waals surface area (Å²) in [5.41, 5.74) is 3.11. The molecule has 5 nitrogen and oxygen atoms in total. The van der Waals surface area contributed by atoms with Crippen LogP contribution in [0.4, 0.5) is 0 Å². The first-order valence-corrected chi connectivity index (χ1v) is 3.76. The largest absolute Gasteiger partial charge is 0.480 e. The highest BCUT2D eigenvalue weighted by Gasteiger charge is 2.37. The summed E-state index contributed by atoms with van der Waals surface area (Å²) >= 11 is 0. The van der Waals surface area contributed by atoms with Crippen molar-refractivity contribution in [3.8, 4) is 0 Å². The first-order valence-electron chi connectivity index (χ1n) is 3.76. The molecule has 0 aromatic rings. The van der Waals surface area contributed by atoms with E-state index in [0.29, 0.717) is 6.54 Å². The van der Waals surface area contributed by atoms with Crippen LogP contribution in [0.2, 0.25) is 0 Å². The third-order valence-corrected chi connectivity index (χ3v) is 2.18. The van der Waals surface area contributed by atoms with Crippen molar-refractivity contribution in [2.45, 2.75) is 18.6 Å². The van der Waals surface area contributed by atoms with Crippen LogP contribution in [-0.2, 0) is 4.79 Å². The molecular formula is C6H11N3O2. The highest BCUT2D eigenvalue weighted by molar-refractivity contribution is 5.74. The van der Waals surface area contributed by atoms with Gasteiger partial charge < -0.3 is 5.11 Å². The molecule has 0 radical (unpaired) electrons. The summed E-state index contributed by atoms with van der Waals surface area (Å²) in [7, 11) is 0. The summed E-state index contributed by atoms with van der Waals surface area (Å²) in [4.78, 5) is 10.5. The zero-order valence-corrected chi connectivity index (χ0v) is 6.08. The van der Waals surface area contributed by atoms with Gasteiger partial charge in [0.2, 0.25) is 0 Å². The molecule has 0 aromatic carbocycles. The van der Waals surface area contributed by atoms with E-state index in [-0.39, 0.29) is 6.17 Å². The molecule has 2 fully saturated rings. The fourth-order valence-corrected chi connectivity index (χ4v) is 1.61. The van der Waals surface area contributed by atoms with Crippen LogP contribution >= 0.6 is 0 Å². The SMILES string of the molecule is O=C(O)C1CN2NCCC2N1. The zero-order valence-electron chi connectivity index (χ0n) is 6.08. The molecule has 5 heteroatoms. The van der Waals surface area contributed by atoms with Gasteiger partial charge in [-0.1, -0.05) is 0 Å². The van der Waals surface area contributed by atoms with Gasteiger partial charge in [0.1, 0.15) is 6.04 Å². The van der Waals surface area contributed by atoms with Gasteiger partial charge in [-0.2, -0.15) is 0 Å². The summed E-state index contributed by atoms with van der Waals surface area (Å²) in [5, 5.41) is 13.6. The minimum Gasteiger partial charge on any atom is -0.480 e. The Bertz CT molecular complexity index is 173. The second kappa shape index (κ2) is 2.44.